The number of carboxylic acids is 2. The summed E-state index contributed by atoms with van der Waals surface area (Å²) in [6.07, 6.45) is 0.946. The Hall–Kier alpha value is -4.20. The number of ether oxygens (including phenoxy) is 1. The van der Waals surface area contributed by atoms with E-state index in [-0.39, 0.29) is 42.4 Å². The van der Waals surface area contributed by atoms with E-state index in [1.165, 1.54) is 6.20 Å². The van der Waals surface area contributed by atoms with E-state index in [4.69, 9.17) is 15.6 Å². The van der Waals surface area contributed by atoms with Gasteiger partial charge >= 0.3 is 11.9 Å². The fourth-order valence-electron chi connectivity index (χ4n) is 2.96. The van der Waals surface area contributed by atoms with Crippen molar-refractivity contribution in [3.8, 4) is 0 Å². The van der Waals surface area contributed by atoms with Crippen molar-refractivity contribution in [1.29, 1.82) is 0 Å². The smallest absolute Gasteiger partial charge is 0.328 e. The lowest BCUT2D eigenvalue weighted by Gasteiger charge is -2.15. The number of aliphatic imine (C=N–C) groups is 1. The van der Waals surface area contributed by atoms with Gasteiger partial charge in [0.15, 0.2) is 17.2 Å². The first kappa shape index (κ1) is 25.4. The van der Waals surface area contributed by atoms with E-state index in [9.17, 15) is 19.5 Å². The molecule has 0 aliphatic rings. The van der Waals surface area contributed by atoms with E-state index in [1.54, 1.807) is 31.2 Å². The molecule has 35 heavy (non-hydrogen) atoms. The maximum Gasteiger partial charge on any atom is 0.328 e. The first-order valence-corrected chi connectivity index (χ1v) is 10.9. The Morgan fingerprint density at radius 2 is 1.97 bits per heavy atom. The van der Waals surface area contributed by atoms with E-state index in [0.717, 1.165) is 0 Å². The van der Waals surface area contributed by atoms with Crippen LogP contribution in [0, 0.1) is 0 Å². The Bertz CT molecular complexity index is 1310. The van der Waals surface area contributed by atoms with Gasteiger partial charge in [0.1, 0.15) is 5.44 Å². The minimum atomic E-state index is -1.29. The molecule has 0 saturated heterocycles. The first-order valence-electron chi connectivity index (χ1n) is 10.3. The van der Waals surface area contributed by atoms with Crippen LogP contribution in [0.5, 0.6) is 0 Å². The molecule has 184 valence electrons. The first-order chi connectivity index (χ1) is 16.6. The summed E-state index contributed by atoms with van der Waals surface area (Å²) in [5, 5.41) is 21.4. The summed E-state index contributed by atoms with van der Waals surface area (Å²) >= 11 is 4.17. The van der Waals surface area contributed by atoms with Crippen LogP contribution in [0.15, 0.2) is 40.2 Å². The molecule has 3 rings (SSSR count). The molecule has 0 spiro atoms. The molecule has 14 heteroatoms. The molecule has 0 aliphatic carbocycles. The van der Waals surface area contributed by atoms with Crippen molar-refractivity contribution < 1.29 is 24.5 Å². The number of nitrogen functional groups attached to an aromatic ring is 1. The summed E-state index contributed by atoms with van der Waals surface area (Å²) in [5.41, 5.74) is 6.33. The van der Waals surface area contributed by atoms with Crippen LogP contribution in [0.25, 0.3) is 11.2 Å². The summed E-state index contributed by atoms with van der Waals surface area (Å²) in [7, 11) is 0. The summed E-state index contributed by atoms with van der Waals surface area (Å²) in [6.45, 7) is 1.90. The van der Waals surface area contributed by atoms with Crippen LogP contribution in [0.1, 0.15) is 31.0 Å². The van der Waals surface area contributed by atoms with Crippen molar-refractivity contribution in [1.82, 2.24) is 19.9 Å². The average Bonchev–Trinajstić information content (AvgIpc) is 2.79. The Morgan fingerprint density at radius 3 is 2.60 bits per heavy atom. The molecular formula is C21H23N7O6S. The van der Waals surface area contributed by atoms with E-state index in [2.05, 4.69) is 42.9 Å². The average molecular weight is 502 g/mol. The Balaban J connectivity index is 1.76. The number of nitrogens with two attached hydrogens (primary N) is 1. The number of thiol groups is 1. The number of nitrogens with one attached hydrogen (secondary N) is 2. The lowest BCUT2D eigenvalue weighted by Crippen LogP contribution is -2.23. The number of rotatable bonds is 10. The van der Waals surface area contributed by atoms with Crippen molar-refractivity contribution in [2.45, 2.75) is 37.8 Å². The zero-order chi connectivity index (χ0) is 25.5. The van der Waals surface area contributed by atoms with Crippen LogP contribution in [0.3, 0.4) is 0 Å². The molecule has 2 unspecified atom stereocenters. The van der Waals surface area contributed by atoms with Gasteiger partial charge in [-0.1, -0.05) is 0 Å². The van der Waals surface area contributed by atoms with Crippen molar-refractivity contribution in [3.63, 3.8) is 0 Å². The molecule has 2 aromatic heterocycles. The van der Waals surface area contributed by atoms with Crippen molar-refractivity contribution >= 4 is 53.3 Å². The highest BCUT2D eigenvalue weighted by Gasteiger charge is 2.20. The minimum absolute atomic E-state index is 0.0308. The number of carboxylic acid groups (broad SMARTS) is 2. The Morgan fingerprint density at radius 1 is 1.26 bits per heavy atom. The number of anilines is 2. The van der Waals surface area contributed by atoms with Crippen LogP contribution in [0.2, 0.25) is 0 Å². The predicted octanol–water partition coefficient (Wildman–Crippen LogP) is 1.26. The molecule has 0 saturated carbocycles. The molecule has 6 N–H and O–H groups in total. The van der Waals surface area contributed by atoms with Gasteiger partial charge in [0.2, 0.25) is 11.8 Å². The standard InChI is InChI=1S/C21H23N7O6S/c1-10(35)34-19(26-14(20(32)33)6-7-15(29)30)11-2-4-12(5-3-11)23-8-13-9-24-17-16(25-13)18(31)28-21(22)27-17/h2-5,9-10,14,23,35H,6-8H2,1H3,(H,29,30)(H,32,33)(H3,22,24,27,28,31). The van der Waals surface area contributed by atoms with Gasteiger partial charge in [0, 0.05) is 17.7 Å². The molecule has 13 nitrogen and oxygen atoms in total. The van der Waals surface area contributed by atoms with Gasteiger partial charge in [-0.15, -0.1) is 12.6 Å². The summed E-state index contributed by atoms with van der Waals surface area (Å²) in [4.78, 5) is 53.2. The van der Waals surface area contributed by atoms with Gasteiger partial charge in [-0.05, 0) is 37.6 Å². The van der Waals surface area contributed by atoms with Crippen LogP contribution >= 0.6 is 12.6 Å². The summed E-state index contributed by atoms with van der Waals surface area (Å²) < 4.78 is 5.57. The van der Waals surface area contributed by atoms with Gasteiger partial charge < -0.3 is 26.0 Å². The van der Waals surface area contributed by atoms with Crippen LogP contribution in [-0.2, 0) is 20.9 Å². The van der Waals surface area contributed by atoms with Crippen LogP contribution in [-0.4, -0.2) is 59.5 Å². The second kappa shape index (κ2) is 11.3. The van der Waals surface area contributed by atoms with Gasteiger partial charge in [-0.2, -0.15) is 4.98 Å². The molecule has 1 aromatic carbocycles. The number of nitrogens with zero attached hydrogens (tertiary/aromatic N) is 4. The van der Waals surface area contributed by atoms with Gasteiger partial charge in [-0.25, -0.2) is 19.8 Å². The van der Waals surface area contributed by atoms with E-state index in [0.29, 0.717) is 16.9 Å². The van der Waals surface area contributed by atoms with E-state index in [1.807, 2.05) is 0 Å². The molecular weight excluding hydrogens is 478 g/mol. The number of aromatic amines is 1. The third kappa shape index (κ3) is 7.14. The second-order valence-electron chi connectivity index (χ2n) is 7.35. The maximum absolute atomic E-state index is 12.0. The normalized spacial score (nSPS) is 13.3. The van der Waals surface area contributed by atoms with Crippen molar-refractivity contribution in [2.24, 2.45) is 4.99 Å². The largest absolute Gasteiger partial charge is 0.481 e. The van der Waals surface area contributed by atoms with Gasteiger partial charge in [-0.3, -0.25) is 14.6 Å². The molecule has 0 bridgehead atoms. The number of hydrogen-bond acceptors (Lipinski definition) is 11. The van der Waals surface area contributed by atoms with Crippen LogP contribution < -0.4 is 16.6 Å². The molecule has 0 fully saturated rings. The number of aliphatic carboxylic acids is 2. The molecule has 3 aromatic rings. The van der Waals surface area contributed by atoms with Gasteiger partial charge in [0.25, 0.3) is 5.56 Å². The lowest BCUT2D eigenvalue weighted by atomic mass is 10.1. The van der Waals surface area contributed by atoms with Gasteiger partial charge in [0.05, 0.1) is 18.4 Å². The fourth-order valence-corrected chi connectivity index (χ4v) is 3.06. The van der Waals surface area contributed by atoms with Crippen molar-refractivity contribution in [2.75, 3.05) is 11.1 Å². The third-order valence-corrected chi connectivity index (χ3v) is 4.67. The summed E-state index contributed by atoms with van der Waals surface area (Å²) in [6, 6.07) is 5.47. The fraction of sp³-hybridized carbons (Fsp3) is 0.286. The highest BCUT2D eigenvalue weighted by Crippen LogP contribution is 2.16. The number of aromatic nitrogens is 4. The third-order valence-electron chi connectivity index (χ3n) is 4.56. The highest BCUT2D eigenvalue weighted by molar-refractivity contribution is 7.80. The Labute approximate surface area is 203 Å². The number of H-pyrrole nitrogens is 1. The zero-order valence-electron chi connectivity index (χ0n) is 18.5. The number of carbonyl (C=O) groups is 2. The highest BCUT2D eigenvalue weighted by atomic mass is 32.1. The van der Waals surface area contributed by atoms with Crippen LogP contribution in [0.4, 0.5) is 11.6 Å². The molecule has 0 aliphatic heterocycles. The van der Waals surface area contributed by atoms with E-state index >= 15 is 0 Å². The number of fused-ring (bicyclic) bond motifs is 1. The minimum Gasteiger partial charge on any atom is -0.481 e. The summed E-state index contributed by atoms with van der Waals surface area (Å²) in [5.74, 6) is -2.39. The monoisotopic (exact) mass is 501 g/mol. The Kier molecular flexibility index (Phi) is 8.20. The molecule has 0 radical (unpaired) electrons. The molecule has 2 atom stereocenters. The number of benzene rings is 1. The molecule has 0 amide bonds. The van der Waals surface area contributed by atoms with Crippen molar-refractivity contribution in [3.05, 3.63) is 52.1 Å². The number of hydrogen-bond donors (Lipinski definition) is 6. The quantitative estimate of drug-likeness (QED) is 0.101. The van der Waals surface area contributed by atoms with E-state index < -0.39 is 29.0 Å². The topological polar surface area (TPSA) is 206 Å². The SMILES string of the molecule is CC(S)OC(=NC(CCC(=O)O)C(=O)O)c1ccc(NCc2cnc3nc(N)[nH]c(=O)c3n2)cc1. The predicted molar refractivity (Wildman–Crippen MR) is 130 cm³/mol. The second-order valence-corrected chi connectivity index (χ2v) is 8.08. The zero-order valence-corrected chi connectivity index (χ0v) is 19.4. The maximum atomic E-state index is 12.0. The molecule has 2 heterocycles. The lowest BCUT2D eigenvalue weighted by molar-refractivity contribution is -0.139.